The number of H-pyrrole nitrogens is 1. The van der Waals surface area contributed by atoms with Crippen molar-refractivity contribution in [3.05, 3.63) is 49.5 Å². The first-order valence-corrected chi connectivity index (χ1v) is 6.90. The molecule has 1 aromatic carbocycles. The molecule has 0 saturated carbocycles. The summed E-state index contributed by atoms with van der Waals surface area (Å²) >= 11 is 7.25. The van der Waals surface area contributed by atoms with E-state index in [4.69, 9.17) is 11.6 Å². The summed E-state index contributed by atoms with van der Waals surface area (Å²) in [6.07, 6.45) is -0.655. The maximum Gasteiger partial charge on any atom is 0.339 e. The maximum absolute atomic E-state index is 11.3. The third kappa shape index (κ3) is 3.12. The largest absolute Gasteiger partial charge is 0.389 e. The van der Waals surface area contributed by atoms with Crippen molar-refractivity contribution in [3.8, 4) is 0 Å². The molecule has 0 bridgehead atoms. The van der Waals surface area contributed by atoms with E-state index < -0.39 is 17.2 Å². The van der Waals surface area contributed by atoms with Gasteiger partial charge in [0.15, 0.2) is 5.16 Å². The van der Waals surface area contributed by atoms with Crippen LogP contribution in [0.5, 0.6) is 0 Å². The Morgan fingerprint density at radius 1 is 1.45 bits per heavy atom. The monoisotopic (exact) mass is 313 g/mol. The third-order valence-corrected chi connectivity index (χ3v) is 3.94. The number of aliphatic hydroxyl groups is 1. The van der Waals surface area contributed by atoms with Gasteiger partial charge in [-0.2, -0.15) is 4.98 Å². The first kappa shape index (κ1) is 14.8. The van der Waals surface area contributed by atoms with E-state index in [9.17, 15) is 14.7 Å². The molecular weight excluding hydrogens is 302 g/mol. The number of aryl methyl sites for hydroxylation is 1. The van der Waals surface area contributed by atoms with Gasteiger partial charge >= 0.3 is 11.1 Å². The number of halogens is 1. The van der Waals surface area contributed by atoms with Crippen molar-refractivity contribution in [3.63, 3.8) is 0 Å². The standard InChI is InChI=1S/C12H12ClN3O3S/c1-6(17)8-4-3-7(5-9(8)13)20-12-14-10(18)11(19)15-16(12)2/h3-6,17H,1-2H3,(H,15,19). The molecule has 1 unspecified atom stereocenters. The van der Waals surface area contributed by atoms with Crippen molar-refractivity contribution in [2.24, 2.45) is 7.05 Å². The molecule has 2 N–H and O–H groups in total. The van der Waals surface area contributed by atoms with E-state index in [-0.39, 0.29) is 0 Å². The van der Waals surface area contributed by atoms with E-state index in [0.717, 1.165) is 4.90 Å². The second kappa shape index (κ2) is 5.82. The zero-order valence-electron chi connectivity index (χ0n) is 10.8. The topological polar surface area (TPSA) is 88.0 Å². The van der Waals surface area contributed by atoms with E-state index in [1.54, 1.807) is 32.2 Å². The summed E-state index contributed by atoms with van der Waals surface area (Å²) in [5.74, 6) is 0. The van der Waals surface area contributed by atoms with Crippen molar-refractivity contribution in [1.82, 2.24) is 14.8 Å². The molecule has 0 amide bonds. The summed E-state index contributed by atoms with van der Waals surface area (Å²) in [7, 11) is 1.59. The highest BCUT2D eigenvalue weighted by molar-refractivity contribution is 7.99. The smallest absolute Gasteiger partial charge is 0.339 e. The Morgan fingerprint density at radius 3 is 2.75 bits per heavy atom. The Morgan fingerprint density at radius 2 is 2.15 bits per heavy atom. The van der Waals surface area contributed by atoms with Gasteiger partial charge in [0.05, 0.1) is 6.10 Å². The molecule has 0 spiro atoms. The fraction of sp³-hybridized carbons (Fsp3) is 0.250. The molecule has 0 aliphatic rings. The van der Waals surface area contributed by atoms with Crippen LogP contribution in [0, 0.1) is 0 Å². The van der Waals surface area contributed by atoms with Gasteiger partial charge < -0.3 is 5.11 Å². The maximum atomic E-state index is 11.3. The number of aromatic amines is 1. The van der Waals surface area contributed by atoms with Crippen molar-refractivity contribution in [2.45, 2.75) is 23.1 Å². The van der Waals surface area contributed by atoms with E-state index in [1.165, 1.54) is 16.4 Å². The average molecular weight is 314 g/mol. The molecule has 2 rings (SSSR count). The van der Waals surface area contributed by atoms with E-state index in [0.29, 0.717) is 15.7 Å². The molecule has 0 aliphatic heterocycles. The SMILES string of the molecule is CC(O)c1ccc(Sc2nc(=O)c(=O)[nH]n2C)cc1Cl. The van der Waals surface area contributed by atoms with E-state index >= 15 is 0 Å². The van der Waals surface area contributed by atoms with Crippen LogP contribution in [0.15, 0.2) is 37.8 Å². The van der Waals surface area contributed by atoms with Crippen LogP contribution in [-0.4, -0.2) is 19.9 Å². The summed E-state index contributed by atoms with van der Waals surface area (Å²) < 4.78 is 1.37. The molecule has 106 valence electrons. The Kier molecular flexibility index (Phi) is 4.32. The van der Waals surface area contributed by atoms with Crippen LogP contribution in [0.3, 0.4) is 0 Å². The Hall–Kier alpha value is -1.57. The van der Waals surface area contributed by atoms with Gasteiger partial charge in [0, 0.05) is 17.0 Å². The number of nitrogens with zero attached hydrogens (tertiary/aromatic N) is 2. The molecule has 1 atom stereocenters. The van der Waals surface area contributed by atoms with Gasteiger partial charge in [0.1, 0.15) is 0 Å². The summed E-state index contributed by atoms with van der Waals surface area (Å²) in [4.78, 5) is 26.8. The van der Waals surface area contributed by atoms with Crippen LogP contribution >= 0.6 is 23.4 Å². The number of aromatic nitrogens is 3. The van der Waals surface area contributed by atoms with Crippen molar-refractivity contribution >= 4 is 23.4 Å². The predicted octanol–water partition coefficient (Wildman–Crippen LogP) is 1.33. The first-order chi connectivity index (χ1) is 9.38. The molecule has 0 aliphatic carbocycles. The molecule has 0 fully saturated rings. The van der Waals surface area contributed by atoms with Crippen LogP contribution in [0.1, 0.15) is 18.6 Å². The zero-order chi connectivity index (χ0) is 14.9. The quantitative estimate of drug-likeness (QED) is 0.835. The molecular formula is C12H12ClN3O3S. The van der Waals surface area contributed by atoms with E-state index in [1.807, 2.05) is 0 Å². The minimum atomic E-state index is -0.836. The number of nitrogens with one attached hydrogen (secondary N) is 1. The lowest BCUT2D eigenvalue weighted by Crippen LogP contribution is -2.33. The average Bonchev–Trinajstić information content (AvgIpc) is 2.35. The Bertz CT molecular complexity index is 754. The van der Waals surface area contributed by atoms with Crippen molar-refractivity contribution in [2.75, 3.05) is 0 Å². The molecule has 0 saturated heterocycles. The lowest BCUT2D eigenvalue weighted by atomic mass is 10.1. The summed E-state index contributed by atoms with van der Waals surface area (Å²) in [5.41, 5.74) is -0.976. The first-order valence-electron chi connectivity index (χ1n) is 5.71. The molecule has 2 aromatic rings. The van der Waals surface area contributed by atoms with Crippen LogP contribution < -0.4 is 11.1 Å². The van der Waals surface area contributed by atoms with Gasteiger partial charge in [-0.05, 0) is 24.6 Å². The van der Waals surface area contributed by atoms with Gasteiger partial charge in [0.25, 0.3) is 0 Å². The minimum absolute atomic E-state index is 0.343. The molecule has 8 heteroatoms. The van der Waals surface area contributed by atoms with Gasteiger partial charge in [-0.3, -0.25) is 19.4 Å². The molecule has 0 radical (unpaired) electrons. The van der Waals surface area contributed by atoms with Gasteiger partial charge in [-0.1, -0.05) is 29.4 Å². The highest BCUT2D eigenvalue weighted by Crippen LogP contribution is 2.30. The second-order valence-corrected chi connectivity index (χ2v) is 5.61. The molecule has 1 heterocycles. The van der Waals surface area contributed by atoms with Crippen LogP contribution in [-0.2, 0) is 7.05 Å². The lowest BCUT2D eigenvalue weighted by molar-refractivity contribution is 0.199. The number of rotatable bonds is 3. The predicted molar refractivity (Wildman–Crippen MR) is 76.3 cm³/mol. The normalized spacial score (nSPS) is 12.4. The number of hydrogen-bond acceptors (Lipinski definition) is 5. The number of hydrogen-bond donors (Lipinski definition) is 2. The summed E-state index contributed by atoms with van der Waals surface area (Å²) in [5, 5.41) is 12.6. The Balaban J connectivity index is 2.36. The second-order valence-electron chi connectivity index (χ2n) is 4.16. The van der Waals surface area contributed by atoms with Crippen LogP contribution in [0.25, 0.3) is 0 Å². The fourth-order valence-electron chi connectivity index (χ4n) is 1.57. The lowest BCUT2D eigenvalue weighted by Gasteiger charge is -2.10. The highest BCUT2D eigenvalue weighted by Gasteiger charge is 2.10. The Labute approximate surface area is 123 Å². The van der Waals surface area contributed by atoms with Crippen molar-refractivity contribution in [1.29, 1.82) is 0 Å². The van der Waals surface area contributed by atoms with Gasteiger partial charge in [-0.25, -0.2) is 0 Å². The van der Waals surface area contributed by atoms with E-state index in [2.05, 4.69) is 10.1 Å². The van der Waals surface area contributed by atoms with Gasteiger partial charge in [-0.15, -0.1) is 0 Å². The number of benzene rings is 1. The number of aliphatic hydroxyl groups excluding tert-OH is 1. The summed E-state index contributed by atoms with van der Waals surface area (Å²) in [6.45, 7) is 1.63. The molecule has 1 aromatic heterocycles. The fourth-order valence-corrected chi connectivity index (χ4v) is 2.81. The van der Waals surface area contributed by atoms with Crippen LogP contribution in [0.4, 0.5) is 0 Å². The zero-order valence-corrected chi connectivity index (χ0v) is 12.3. The molecule has 6 nitrogen and oxygen atoms in total. The van der Waals surface area contributed by atoms with Gasteiger partial charge in [0.2, 0.25) is 0 Å². The van der Waals surface area contributed by atoms with Crippen molar-refractivity contribution < 1.29 is 5.11 Å². The highest BCUT2D eigenvalue weighted by atomic mass is 35.5. The minimum Gasteiger partial charge on any atom is -0.389 e. The molecule has 20 heavy (non-hydrogen) atoms. The summed E-state index contributed by atoms with van der Waals surface area (Å²) in [6, 6.07) is 5.14. The van der Waals surface area contributed by atoms with Crippen LogP contribution in [0.2, 0.25) is 5.02 Å². The third-order valence-electron chi connectivity index (χ3n) is 2.58.